The van der Waals surface area contributed by atoms with Crippen molar-refractivity contribution in [3.05, 3.63) is 24.3 Å². The van der Waals surface area contributed by atoms with Crippen molar-refractivity contribution in [2.24, 2.45) is 0 Å². The molecule has 0 aliphatic heterocycles. The van der Waals surface area contributed by atoms with E-state index < -0.39 is 0 Å². The van der Waals surface area contributed by atoms with Crippen LogP contribution in [0.2, 0.25) is 0 Å². The van der Waals surface area contributed by atoms with E-state index in [9.17, 15) is 0 Å². The molecule has 0 spiro atoms. The first-order valence-electron chi connectivity index (χ1n) is 4.16. The van der Waals surface area contributed by atoms with Crippen LogP contribution < -0.4 is 9.47 Å². The third-order valence-electron chi connectivity index (χ3n) is 1.63. The standard InChI is InChI=1S/C10H13NO2Se/c1-11(2)10(14)13-9-6-4-8(12-3)5-7-9/h4-7H,1-3H3. The van der Waals surface area contributed by atoms with Gasteiger partial charge in [-0.25, -0.2) is 0 Å². The summed E-state index contributed by atoms with van der Waals surface area (Å²) in [7, 11) is 5.46. The molecule has 0 atom stereocenters. The zero-order valence-electron chi connectivity index (χ0n) is 8.48. The maximum absolute atomic E-state index is 5.51. The van der Waals surface area contributed by atoms with Gasteiger partial charge in [0.25, 0.3) is 0 Å². The van der Waals surface area contributed by atoms with E-state index in [-0.39, 0.29) is 0 Å². The van der Waals surface area contributed by atoms with Gasteiger partial charge in [-0.05, 0) is 0 Å². The van der Waals surface area contributed by atoms with E-state index in [0.29, 0.717) is 0 Å². The van der Waals surface area contributed by atoms with Crippen LogP contribution >= 0.6 is 0 Å². The van der Waals surface area contributed by atoms with Crippen LogP contribution in [0.25, 0.3) is 0 Å². The maximum atomic E-state index is 5.51. The predicted octanol–water partition coefficient (Wildman–Crippen LogP) is 0.891. The summed E-state index contributed by atoms with van der Waals surface area (Å²) in [5.41, 5.74) is 0. The minimum atomic E-state index is 0.732. The van der Waals surface area contributed by atoms with E-state index in [1.807, 2.05) is 43.3 Å². The third-order valence-corrected chi connectivity index (χ3v) is 2.57. The van der Waals surface area contributed by atoms with Gasteiger partial charge in [0, 0.05) is 0 Å². The summed E-state index contributed by atoms with van der Waals surface area (Å²) < 4.78 is 11.3. The van der Waals surface area contributed by atoms with Crippen LogP contribution in [0.1, 0.15) is 0 Å². The summed E-state index contributed by atoms with van der Waals surface area (Å²) in [6.45, 7) is 0. The number of methoxy groups -OCH3 is 1. The molecule has 1 rings (SSSR count). The Bertz CT molecular complexity index is 308. The van der Waals surface area contributed by atoms with Crippen LogP contribution in [0, 0.1) is 0 Å². The summed E-state index contributed by atoms with van der Waals surface area (Å²) >= 11 is 2.84. The molecule has 0 radical (unpaired) electrons. The zero-order chi connectivity index (χ0) is 10.6. The molecule has 0 aliphatic rings. The number of rotatable bonds is 4. The molecule has 0 unspecified atom stereocenters. The number of ether oxygens (including phenoxy) is 2. The fourth-order valence-corrected chi connectivity index (χ4v) is 1.04. The molecule has 0 fully saturated rings. The van der Waals surface area contributed by atoms with E-state index in [2.05, 4.69) is 15.6 Å². The molecule has 0 aliphatic carbocycles. The first-order chi connectivity index (χ1) is 6.63. The molecule has 0 N–H and O–H groups in total. The van der Waals surface area contributed by atoms with Gasteiger partial charge in [-0.2, -0.15) is 0 Å². The molecule has 76 valence electrons. The Labute approximate surface area is 92.0 Å². The van der Waals surface area contributed by atoms with Gasteiger partial charge in [-0.1, -0.05) is 0 Å². The molecule has 0 amide bonds. The zero-order valence-corrected chi connectivity index (χ0v) is 10.2. The summed E-state index contributed by atoms with van der Waals surface area (Å²) in [5.74, 6) is 1.61. The van der Waals surface area contributed by atoms with E-state index >= 15 is 0 Å². The molecule has 0 saturated carbocycles. The predicted molar refractivity (Wildman–Crippen MR) is 58.1 cm³/mol. The Kier molecular flexibility index (Phi) is 3.98. The quantitative estimate of drug-likeness (QED) is 0.749. The number of hydrogen-bond donors (Lipinski definition) is 0. The average molecular weight is 258 g/mol. The van der Waals surface area contributed by atoms with Gasteiger partial charge in [-0.3, -0.25) is 0 Å². The summed E-state index contributed by atoms with van der Waals surface area (Å²) in [4.78, 5) is 1.87. The van der Waals surface area contributed by atoms with E-state index in [4.69, 9.17) is 9.47 Å². The van der Waals surface area contributed by atoms with Crippen molar-refractivity contribution in [1.82, 2.24) is 4.90 Å². The molecule has 4 heteroatoms. The second-order valence-corrected chi connectivity index (χ2v) is 3.67. The normalized spacial score (nSPS) is 9.36. The summed E-state index contributed by atoms with van der Waals surface area (Å²) in [6, 6.07) is 7.44. The first-order valence-corrected chi connectivity index (χ1v) is 5.02. The van der Waals surface area contributed by atoms with Crippen molar-refractivity contribution in [3.63, 3.8) is 0 Å². The van der Waals surface area contributed by atoms with Crippen molar-refractivity contribution < 1.29 is 9.47 Å². The average Bonchev–Trinajstić information content (AvgIpc) is 2.19. The molecular weight excluding hydrogens is 245 g/mol. The molecule has 14 heavy (non-hydrogen) atoms. The molecule has 3 nitrogen and oxygen atoms in total. The number of nitrogens with zero attached hydrogens (tertiary/aromatic N) is 1. The Hall–Kier alpha value is -0.991. The van der Waals surface area contributed by atoms with Gasteiger partial charge in [0.2, 0.25) is 0 Å². The van der Waals surface area contributed by atoms with Crippen LogP contribution in [-0.4, -0.2) is 46.4 Å². The van der Waals surface area contributed by atoms with Crippen LogP contribution in [0.5, 0.6) is 11.5 Å². The fraction of sp³-hybridized carbons (Fsp3) is 0.300. The van der Waals surface area contributed by atoms with Crippen molar-refractivity contribution in [3.8, 4) is 11.5 Å². The van der Waals surface area contributed by atoms with Crippen molar-refractivity contribution >= 4 is 20.3 Å². The first kappa shape index (κ1) is 11.1. The number of hydrogen-bond acceptors (Lipinski definition) is 3. The van der Waals surface area contributed by atoms with Gasteiger partial charge in [0.15, 0.2) is 0 Å². The Morgan fingerprint density at radius 2 is 1.64 bits per heavy atom. The third kappa shape index (κ3) is 3.05. The molecule has 0 aromatic heterocycles. The topological polar surface area (TPSA) is 21.7 Å². The van der Waals surface area contributed by atoms with E-state index in [0.717, 1.165) is 16.2 Å². The van der Waals surface area contributed by atoms with Crippen molar-refractivity contribution in [1.29, 1.82) is 0 Å². The van der Waals surface area contributed by atoms with E-state index in [1.54, 1.807) is 7.11 Å². The van der Waals surface area contributed by atoms with Gasteiger partial charge in [0.05, 0.1) is 0 Å². The second kappa shape index (κ2) is 5.03. The van der Waals surface area contributed by atoms with Crippen molar-refractivity contribution in [2.75, 3.05) is 21.2 Å². The Morgan fingerprint density at radius 1 is 1.14 bits per heavy atom. The van der Waals surface area contributed by atoms with Crippen LogP contribution in [0.4, 0.5) is 0 Å². The van der Waals surface area contributed by atoms with Gasteiger partial charge in [0.1, 0.15) is 0 Å². The summed E-state index contributed by atoms with van der Waals surface area (Å²) in [6.07, 6.45) is 0. The second-order valence-electron chi connectivity index (χ2n) is 2.94. The number of benzene rings is 1. The van der Waals surface area contributed by atoms with Gasteiger partial charge >= 0.3 is 91.6 Å². The van der Waals surface area contributed by atoms with Crippen LogP contribution in [-0.2, 0) is 0 Å². The van der Waals surface area contributed by atoms with Crippen LogP contribution in [0.3, 0.4) is 0 Å². The Morgan fingerprint density at radius 3 is 2.07 bits per heavy atom. The molecule has 1 aromatic rings. The molecule has 1 aromatic carbocycles. The Balaban J connectivity index is 2.64. The van der Waals surface area contributed by atoms with Gasteiger partial charge in [-0.15, -0.1) is 0 Å². The minimum absolute atomic E-state index is 0.732. The van der Waals surface area contributed by atoms with Gasteiger partial charge < -0.3 is 0 Å². The molecule has 0 saturated heterocycles. The summed E-state index contributed by atoms with van der Waals surface area (Å²) in [5, 5.41) is 0. The monoisotopic (exact) mass is 259 g/mol. The molecule has 0 bridgehead atoms. The molecule has 0 heterocycles. The van der Waals surface area contributed by atoms with Crippen LogP contribution in [0.15, 0.2) is 24.3 Å². The fourth-order valence-electron chi connectivity index (χ4n) is 0.836. The molecular formula is C10H13NO2Se. The SMILES string of the molecule is COc1ccc(OC(=[Se])N(C)C)cc1. The van der Waals surface area contributed by atoms with Crippen molar-refractivity contribution in [2.45, 2.75) is 0 Å². The van der Waals surface area contributed by atoms with E-state index in [1.165, 1.54) is 0 Å².